The lowest BCUT2D eigenvalue weighted by atomic mass is 9.95. The molecule has 0 radical (unpaired) electrons. The molecule has 2 bridgehead atoms. The van der Waals surface area contributed by atoms with Crippen molar-refractivity contribution in [2.75, 3.05) is 32.8 Å². The normalized spacial score (nSPS) is 31.4. The van der Waals surface area contributed by atoms with Gasteiger partial charge in [0.05, 0.1) is 6.61 Å². The van der Waals surface area contributed by atoms with Crippen LogP contribution in [0, 0.1) is 11.8 Å². The lowest BCUT2D eigenvalue weighted by molar-refractivity contribution is 0.0916. The Morgan fingerprint density at radius 1 is 1.19 bits per heavy atom. The number of nitrogens with zero attached hydrogens (tertiary/aromatic N) is 2. The van der Waals surface area contributed by atoms with Gasteiger partial charge in [0.2, 0.25) is 0 Å². The lowest BCUT2D eigenvalue weighted by Gasteiger charge is -2.37. The number of carbonyl (C=O) groups is 1. The Hall–Kier alpha value is -1.04. The molecule has 5 nitrogen and oxygen atoms in total. The van der Waals surface area contributed by atoms with Gasteiger partial charge in [-0.05, 0) is 50.2 Å². The van der Waals surface area contributed by atoms with Crippen LogP contribution in [0.15, 0.2) is 0 Å². The molecule has 1 saturated heterocycles. The van der Waals surface area contributed by atoms with Crippen molar-refractivity contribution in [3.8, 4) is 0 Å². The quantitative estimate of drug-likeness (QED) is 0.788. The fourth-order valence-corrected chi connectivity index (χ4v) is 4.31. The molecule has 118 valence electrons. The van der Waals surface area contributed by atoms with Crippen LogP contribution in [0.1, 0.15) is 32.6 Å². The minimum atomic E-state index is -0.205. The number of carbonyl (C=O) groups excluding carboxylic acids is 1. The van der Waals surface area contributed by atoms with Crippen LogP contribution in [0.5, 0.6) is 0 Å². The summed E-state index contributed by atoms with van der Waals surface area (Å²) in [7, 11) is 0. The van der Waals surface area contributed by atoms with Crippen molar-refractivity contribution in [1.82, 2.24) is 15.1 Å². The van der Waals surface area contributed by atoms with Crippen molar-refractivity contribution in [2.45, 2.75) is 38.6 Å². The van der Waals surface area contributed by atoms with E-state index in [1.54, 1.807) is 4.90 Å². The van der Waals surface area contributed by atoms with E-state index in [0.717, 1.165) is 30.0 Å². The van der Waals surface area contributed by atoms with Gasteiger partial charge < -0.3 is 19.9 Å². The van der Waals surface area contributed by atoms with E-state index in [2.05, 4.69) is 10.2 Å². The minimum absolute atomic E-state index is 0.205. The number of amides is 1. The van der Waals surface area contributed by atoms with Crippen molar-refractivity contribution in [3.05, 3.63) is 0 Å². The molecular weight excluding hydrogens is 286 g/mol. The standard InChI is InChI=1S/C15H25N3O2S/c1-2-20-15(19)18-7-5-17(6-8-18)14(21)16-13-10-11-3-4-12(13)9-11/h11-13H,2-10H2,1H3,(H,16,21)/t11-,12+,13-/m1/s1. The van der Waals surface area contributed by atoms with Gasteiger partial charge in [0.25, 0.3) is 0 Å². The molecule has 3 aliphatic rings. The summed E-state index contributed by atoms with van der Waals surface area (Å²) in [4.78, 5) is 15.6. The van der Waals surface area contributed by atoms with Crippen LogP contribution in [0.2, 0.25) is 0 Å². The minimum Gasteiger partial charge on any atom is -0.450 e. The van der Waals surface area contributed by atoms with Crippen molar-refractivity contribution in [1.29, 1.82) is 0 Å². The van der Waals surface area contributed by atoms with Crippen LogP contribution in [-0.4, -0.2) is 59.8 Å². The van der Waals surface area contributed by atoms with Crippen molar-refractivity contribution in [2.24, 2.45) is 11.8 Å². The Kier molecular flexibility index (Phi) is 4.52. The van der Waals surface area contributed by atoms with Gasteiger partial charge in [-0.15, -0.1) is 0 Å². The Balaban J connectivity index is 1.44. The van der Waals surface area contributed by atoms with E-state index in [1.165, 1.54) is 25.7 Å². The highest BCUT2D eigenvalue weighted by Crippen LogP contribution is 2.44. The first kappa shape index (κ1) is 14.9. The van der Waals surface area contributed by atoms with Gasteiger partial charge in [0.1, 0.15) is 0 Å². The Morgan fingerprint density at radius 2 is 1.90 bits per heavy atom. The SMILES string of the molecule is CCOC(=O)N1CCN(C(=S)N[C@@H]2C[C@@H]3CC[C@H]2C3)CC1. The molecule has 0 aromatic heterocycles. The second-order valence-electron chi connectivity index (χ2n) is 6.40. The number of rotatable bonds is 2. The highest BCUT2D eigenvalue weighted by molar-refractivity contribution is 7.80. The molecule has 0 aromatic carbocycles. The topological polar surface area (TPSA) is 44.8 Å². The van der Waals surface area contributed by atoms with E-state index in [1.807, 2.05) is 6.92 Å². The third-order valence-electron chi connectivity index (χ3n) is 5.14. The second kappa shape index (κ2) is 6.38. The highest BCUT2D eigenvalue weighted by Gasteiger charge is 2.40. The number of piperazine rings is 1. The number of fused-ring (bicyclic) bond motifs is 2. The number of hydrogen-bond donors (Lipinski definition) is 1. The van der Waals surface area contributed by atoms with Gasteiger partial charge in [0, 0.05) is 32.2 Å². The van der Waals surface area contributed by atoms with Gasteiger partial charge in [-0.25, -0.2) is 4.79 Å². The third-order valence-corrected chi connectivity index (χ3v) is 5.52. The van der Waals surface area contributed by atoms with Crippen LogP contribution in [0.3, 0.4) is 0 Å². The molecule has 2 aliphatic carbocycles. The van der Waals surface area contributed by atoms with Crippen molar-refractivity contribution < 1.29 is 9.53 Å². The average molecular weight is 311 g/mol. The highest BCUT2D eigenvalue weighted by atomic mass is 32.1. The Morgan fingerprint density at radius 3 is 2.48 bits per heavy atom. The van der Waals surface area contributed by atoms with E-state index in [4.69, 9.17) is 17.0 Å². The molecule has 3 fully saturated rings. The molecule has 21 heavy (non-hydrogen) atoms. The fraction of sp³-hybridized carbons (Fsp3) is 0.867. The molecule has 1 N–H and O–H groups in total. The molecule has 6 heteroatoms. The van der Waals surface area contributed by atoms with Crippen LogP contribution < -0.4 is 5.32 Å². The van der Waals surface area contributed by atoms with Gasteiger partial charge in [-0.1, -0.05) is 6.42 Å². The van der Waals surface area contributed by atoms with Crippen LogP contribution in [-0.2, 0) is 4.74 Å². The predicted molar refractivity (Wildman–Crippen MR) is 85.1 cm³/mol. The van der Waals surface area contributed by atoms with Crippen LogP contribution >= 0.6 is 12.2 Å². The van der Waals surface area contributed by atoms with Crippen molar-refractivity contribution in [3.63, 3.8) is 0 Å². The average Bonchev–Trinajstić information content (AvgIpc) is 3.10. The maximum atomic E-state index is 11.7. The third kappa shape index (κ3) is 3.25. The molecule has 0 aromatic rings. The predicted octanol–water partition coefficient (Wildman–Crippen LogP) is 1.82. The van der Waals surface area contributed by atoms with Crippen LogP contribution in [0.25, 0.3) is 0 Å². The van der Waals surface area contributed by atoms with E-state index in [9.17, 15) is 4.79 Å². The summed E-state index contributed by atoms with van der Waals surface area (Å²) in [5.74, 6) is 1.75. The first-order valence-electron chi connectivity index (χ1n) is 8.14. The van der Waals surface area contributed by atoms with E-state index < -0.39 is 0 Å². The number of hydrogen-bond acceptors (Lipinski definition) is 3. The van der Waals surface area contributed by atoms with Gasteiger partial charge >= 0.3 is 6.09 Å². The van der Waals surface area contributed by atoms with Crippen LogP contribution in [0.4, 0.5) is 4.79 Å². The second-order valence-corrected chi connectivity index (χ2v) is 6.79. The number of ether oxygens (including phenoxy) is 1. The first-order valence-corrected chi connectivity index (χ1v) is 8.55. The van der Waals surface area contributed by atoms with E-state index >= 15 is 0 Å². The lowest BCUT2D eigenvalue weighted by Crippen LogP contribution is -2.55. The fourth-order valence-electron chi connectivity index (χ4n) is 3.98. The van der Waals surface area contributed by atoms with Gasteiger partial charge in [-0.3, -0.25) is 0 Å². The van der Waals surface area contributed by atoms with E-state index in [-0.39, 0.29) is 6.09 Å². The van der Waals surface area contributed by atoms with Gasteiger partial charge in [0.15, 0.2) is 5.11 Å². The summed E-state index contributed by atoms with van der Waals surface area (Å²) >= 11 is 5.56. The zero-order valence-electron chi connectivity index (χ0n) is 12.7. The Bertz CT molecular complexity index is 410. The summed E-state index contributed by atoms with van der Waals surface area (Å²) in [5.41, 5.74) is 0. The smallest absolute Gasteiger partial charge is 0.409 e. The zero-order valence-corrected chi connectivity index (χ0v) is 13.5. The summed E-state index contributed by atoms with van der Waals surface area (Å²) in [6.07, 6.45) is 5.24. The maximum absolute atomic E-state index is 11.7. The molecule has 1 aliphatic heterocycles. The Labute approximate surface area is 132 Å². The number of nitrogens with one attached hydrogen (secondary N) is 1. The molecule has 0 spiro atoms. The largest absolute Gasteiger partial charge is 0.450 e. The summed E-state index contributed by atoms with van der Waals surface area (Å²) in [6.45, 7) is 5.25. The molecular formula is C15H25N3O2S. The van der Waals surface area contributed by atoms with Crippen molar-refractivity contribution >= 4 is 23.4 Å². The molecule has 3 atom stereocenters. The van der Waals surface area contributed by atoms with Gasteiger partial charge in [-0.2, -0.15) is 0 Å². The number of thiocarbonyl (C=S) groups is 1. The molecule has 0 unspecified atom stereocenters. The zero-order chi connectivity index (χ0) is 14.8. The summed E-state index contributed by atoms with van der Waals surface area (Å²) in [5, 5.41) is 4.44. The maximum Gasteiger partial charge on any atom is 0.409 e. The van der Waals surface area contributed by atoms with E-state index in [0.29, 0.717) is 25.7 Å². The monoisotopic (exact) mass is 311 g/mol. The first-order chi connectivity index (χ1) is 10.2. The molecule has 3 rings (SSSR count). The summed E-state index contributed by atoms with van der Waals surface area (Å²) < 4.78 is 5.04. The molecule has 2 saturated carbocycles. The molecule has 1 heterocycles. The summed E-state index contributed by atoms with van der Waals surface area (Å²) in [6, 6.07) is 0.583. The molecule has 1 amide bonds.